The second kappa shape index (κ2) is 7.08. The lowest BCUT2D eigenvalue weighted by Crippen LogP contribution is -2.14. The minimum atomic E-state index is -0.283. The number of hydrogen-bond donors (Lipinski definition) is 2. The van der Waals surface area contributed by atoms with E-state index in [9.17, 15) is 4.79 Å². The number of benzene rings is 1. The summed E-state index contributed by atoms with van der Waals surface area (Å²) in [6.45, 7) is 2.81. The number of pyridine rings is 1. The number of rotatable bonds is 5. The smallest absolute Gasteiger partial charge is 0.274 e. The molecule has 1 amide bonds. The van der Waals surface area contributed by atoms with Crippen LogP contribution in [0.1, 0.15) is 17.4 Å². The van der Waals surface area contributed by atoms with Crippen LogP contribution in [0.25, 0.3) is 0 Å². The standard InChI is InChI=1S/C15H16BrN3O2/c1-3-17-11-5-6-12(18-9-11)15(20)19-13-8-10(16)4-7-14(13)21-2/h4-9,17H,3H2,1-2H3,(H,19,20). The molecule has 0 unspecified atom stereocenters. The fourth-order valence-corrected chi connectivity index (χ4v) is 2.16. The number of carbonyl (C=O) groups is 1. The molecule has 1 aromatic heterocycles. The van der Waals surface area contributed by atoms with Gasteiger partial charge in [0.25, 0.3) is 5.91 Å². The molecule has 1 aromatic carbocycles. The van der Waals surface area contributed by atoms with Crippen molar-refractivity contribution in [3.05, 3.63) is 46.7 Å². The van der Waals surface area contributed by atoms with Crippen LogP contribution in [-0.2, 0) is 0 Å². The van der Waals surface area contributed by atoms with Crippen molar-refractivity contribution in [2.24, 2.45) is 0 Å². The van der Waals surface area contributed by atoms with Gasteiger partial charge in [0.05, 0.1) is 24.7 Å². The van der Waals surface area contributed by atoms with E-state index in [1.165, 1.54) is 0 Å². The zero-order valence-electron chi connectivity index (χ0n) is 11.8. The number of carbonyl (C=O) groups excluding carboxylic acids is 1. The fourth-order valence-electron chi connectivity index (χ4n) is 1.80. The zero-order chi connectivity index (χ0) is 15.2. The molecule has 0 atom stereocenters. The maximum absolute atomic E-state index is 12.2. The first-order valence-corrected chi connectivity index (χ1v) is 7.28. The van der Waals surface area contributed by atoms with Crippen molar-refractivity contribution in [1.82, 2.24) is 4.98 Å². The molecular formula is C15H16BrN3O2. The lowest BCUT2D eigenvalue weighted by atomic mass is 10.2. The third kappa shape index (κ3) is 3.95. The molecule has 2 rings (SSSR count). The molecule has 0 bridgehead atoms. The molecule has 0 saturated carbocycles. The summed E-state index contributed by atoms with van der Waals surface area (Å²) in [7, 11) is 1.56. The average molecular weight is 350 g/mol. The van der Waals surface area contributed by atoms with Crippen molar-refractivity contribution in [2.75, 3.05) is 24.3 Å². The molecule has 2 N–H and O–H groups in total. The number of ether oxygens (including phenoxy) is 1. The molecule has 0 spiro atoms. The van der Waals surface area contributed by atoms with E-state index in [1.807, 2.05) is 19.1 Å². The second-order valence-electron chi connectivity index (χ2n) is 4.26. The number of anilines is 2. The van der Waals surface area contributed by atoms with Gasteiger partial charge in [-0.15, -0.1) is 0 Å². The van der Waals surface area contributed by atoms with Crippen LogP contribution in [0.5, 0.6) is 5.75 Å². The van der Waals surface area contributed by atoms with Gasteiger partial charge in [0.1, 0.15) is 11.4 Å². The van der Waals surface area contributed by atoms with E-state index in [0.29, 0.717) is 17.1 Å². The van der Waals surface area contributed by atoms with Crippen LogP contribution in [-0.4, -0.2) is 24.5 Å². The van der Waals surface area contributed by atoms with Crippen LogP contribution in [0.3, 0.4) is 0 Å². The SMILES string of the molecule is CCNc1ccc(C(=O)Nc2cc(Br)ccc2OC)nc1. The average Bonchev–Trinajstić information content (AvgIpc) is 2.48. The Hall–Kier alpha value is -2.08. The van der Waals surface area contributed by atoms with Crippen LogP contribution in [0.15, 0.2) is 41.0 Å². The monoisotopic (exact) mass is 349 g/mol. The zero-order valence-corrected chi connectivity index (χ0v) is 13.4. The Morgan fingerprint density at radius 1 is 1.33 bits per heavy atom. The highest BCUT2D eigenvalue weighted by Crippen LogP contribution is 2.28. The summed E-state index contributed by atoms with van der Waals surface area (Å²) in [5, 5.41) is 5.92. The van der Waals surface area contributed by atoms with Crippen LogP contribution in [0.4, 0.5) is 11.4 Å². The van der Waals surface area contributed by atoms with Crippen LogP contribution in [0, 0.1) is 0 Å². The highest BCUT2D eigenvalue weighted by atomic mass is 79.9. The first-order chi connectivity index (χ1) is 10.1. The molecule has 0 saturated heterocycles. The van der Waals surface area contributed by atoms with E-state index in [4.69, 9.17) is 4.74 Å². The van der Waals surface area contributed by atoms with Gasteiger partial charge in [-0.3, -0.25) is 4.79 Å². The fraction of sp³-hybridized carbons (Fsp3) is 0.200. The van der Waals surface area contributed by atoms with Gasteiger partial charge < -0.3 is 15.4 Å². The number of methoxy groups -OCH3 is 1. The number of halogens is 1. The van der Waals surface area contributed by atoms with Crippen LogP contribution in [0.2, 0.25) is 0 Å². The summed E-state index contributed by atoms with van der Waals surface area (Å²) in [5.74, 6) is 0.310. The molecule has 1 heterocycles. The van der Waals surface area contributed by atoms with Gasteiger partial charge in [0.15, 0.2) is 0 Å². The molecule has 110 valence electrons. The Balaban J connectivity index is 2.15. The lowest BCUT2D eigenvalue weighted by molar-refractivity contribution is 0.102. The van der Waals surface area contributed by atoms with Gasteiger partial charge in [0, 0.05) is 11.0 Å². The number of nitrogens with zero attached hydrogens (tertiary/aromatic N) is 1. The van der Waals surface area contributed by atoms with E-state index in [2.05, 4.69) is 31.5 Å². The minimum absolute atomic E-state index is 0.283. The van der Waals surface area contributed by atoms with Crippen molar-refractivity contribution >= 4 is 33.2 Å². The number of aromatic nitrogens is 1. The van der Waals surface area contributed by atoms with Crippen molar-refractivity contribution in [3.8, 4) is 5.75 Å². The molecule has 21 heavy (non-hydrogen) atoms. The highest BCUT2D eigenvalue weighted by Gasteiger charge is 2.11. The first kappa shape index (κ1) is 15.3. The third-order valence-corrected chi connectivity index (χ3v) is 3.28. The van der Waals surface area contributed by atoms with E-state index < -0.39 is 0 Å². The van der Waals surface area contributed by atoms with Crippen molar-refractivity contribution in [2.45, 2.75) is 6.92 Å². The molecular weight excluding hydrogens is 334 g/mol. The van der Waals surface area contributed by atoms with Crippen LogP contribution >= 0.6 is 15.9 Å². The van der Waals surface area contributed by atoms with E-state index in [-0.39, 0.29) is 5.91 Å². The molecule has 0 aliphatic rings. The summed E-state index contributed by atoms with van der Waals surface area (Å²) in [4.78, 5) is 16.3. The molecule has 0 radical (unpaired) electrons. The highest BCUT2D eigenvalue weighted by molar-refractivity contribution is 9.10. The summed E-state index contributed by atoms with van der Waals surface area (Å²) >= 11 is 3.37. The Bertz CT molecular complexity index is 629. The second-order valence-corrected chi connectivity index (χ2v) is 5.18. The quantitative estimate of drug-likeness (QED) is 0.866. The van der Waals surface area contributed by atoms with E-state index in [0.717, 1.165) is 16.7 Å². The normalized spacial score (nSPS) is 10.0. The molecule has 0 fully saturated rings. The maximum atomic E-state index is 12.2. The predicted octanol–water partition coefficient (Wildman–Crippen LogP) is 3.54. The van der Waals surface area contributed by atoms with Crippen molar-refractivity contribution in [1.29, 1.82) is 0 Å². The molecule has 5 nitrogen and oxygen atoms in total. The number of hydrogen-bond acceptors (Lipinski definition) is 4. The number of nitrogens with one attached hydrogen (secondary N) is 2. The van der Waals surface area contributed by atoms with Gasteiger partial charge in [-0.05, 0) is 37.3 Å². The largest absolute Gasteiger partial charge is 0.495 e. The Kier molecular flexibility index (Phi) is 5.16. The van der Waals surface area contributed by atoms with Crippen LogP contribution < -0.4 is 15.4 Å². The Morgan fingerprint density at radius 3 is 2.76 bits per heavy atom. The maximum Gasteiger partial charge on any atom is 0.274 e. The summed E-state index contributed by atoms with van der Waals surface area (Å²) < 4.78 is 6.08. The first-order valence-electron chi connectivity index (χ1n) is 6.49. The van der Waals surface area contributed by atoms with Gasteiger partial charge in [-0.1, -0.05) is 15.9 Å². The molecule has 2 aromatic rings. The molecule has 6 heteroatoms. The van der Waals surface area contributed by atoms with Crippen molar-refractivity contribution < 1.29 is 9.53 Å². The Morgan fingerprint density at radius 2 is 2.14 bits per heavy atom. The Labute approximate surface area is 131 Å². The lowest BCUT2D eigenvalue weighted by Gasteiger charge is -2.10. The van der Waals surface area contributed by atoms with Gasteiger partial charge in [-0.2, -0.15) is 0 Å². The minimum Gasteiger partial charge on any atom is -0.495 e. The molecule has 0 aliphatic heterocycles. The van der Waals surface area contributed by atoms with E-state index in [1.54, 1.807) is 31.5 Å². The third-order valence-electron chi connectivity index (χ3n) is 2.79. The van der Waals surface area contributed by atoms with E-state index >= 15 is 0 Å². The van der Waals surface area contributed by atoms with Gasteiger partial charge >= 0.3 is 0 Å². The topological polar surface area (TPSA) is 63.2 Å². The van der Waals surface area contributed by atoms with Gasteiger partial charge in [0.2, 0.25) is 0 Å². The van der Waals surface area contributed by atoms with Gasteiger partial charge in [-0.25, -0.2) is 4.98 Å². The molecule has 0 aliphatic carbocycles. The summed E-state index contributed by atoms with van der Waals surface area (Å²) in [5.41, 5.74) is 1.82. The summed E-state index contributed by atoms with van der Waals surface area (Å²) in [6.07, 6.45) is 1.64. The van der Waals surface area contributed by atoms with Crippen molar-refractivity contribution in [3.63, 3.8) is 0 Å². The number of amides is 1. The summed E-state index contributed by atoms with van der Waals surface area (Å²) in [6, 6.07) is 8.91. The predicted molar refractivity (Wildman–Crippen MR) is 87.0 cm³/mol.